The number of tetrazole rings is 1. The summed E-state index contributed by atoms with van der Waals surface area (Å²) in [5, 5.41) is 12.2. The molecule has 2 aliphatic heterocycles. The van der Waals surface area contributed by atoms with Gasteiger partial charge in [-0.3, -0.25) is 0 Å². The number of rotatable bonds is 3. The van der Waals surface area contributed by atoms with Crippen molar-refractivity contribution in [3.63, 3.8) is 0 Å². The standard InChI is InChI=1S/C14H26N6/c1-12(2)20-14(15-16-17-20)19-10-6-13(7-11-19)18-8-4-3-5-9-18/h12-13H,3-11H2,1-2H3. The van der Waals surface area contributed by atoms with Crippen LogP contribution in [0.1, 0.15) is 52.0 Å². The average Bonchev–Trinajstić information content (AvgIpc) is 2.98. The van der Waals surface area contributed by atoms with Crippen molar-refractivity contribution < 1.29 is 0 Å². The van der Waals surface area contributed by atoms with Crippen LogP contribution in [0.15, 0.2) is 0 Å². The summed E-state index contributed by atoms with van der Waals surface area (Å²) >= 11 is 0. The fourth-order valence-corrected chi connectivity index (χ4v) is 3.45. The van der Waals surface area contributed by atoms with Crippen LogP contribution < -0.4 is 4.90 Å². The Bertz CT molecular complexity index is 415. The van der Waals surface area contributed by atoms with Gasteiger partial charge in [0.05, 0.1) is 6.04 Å². The minimum absolute atomic E-state index is 0.319. The molecule has 0 aromatic carbocycles. The molecule has 112 valence electrons. The molecular weight excluding hydrogens is 252 g/mol. The Morgan fingerprint density at radius 1 is 1.00 bits per heavy atom. The summed E-state index contributed by atoms with van der Waals surface area (Å²) in [4.78, 5) is 5.05. The van der Waals surface area contributed by atoms with Gasteiger partial charge in [0.1, 0.15) is 0 Å². The molecule has 3 rings (SSSR count). The number of aromatic nitrogens is 4. The summed E-state index contributed by atoms with van der Waals surface area (Å²) in [5.74, 6) is 0.942. The summed E-state index contributed by atoms with van der Waals surface area (Å²) in [6.45, 7) is 9.01. The fraction of sp³-hybridized carbons (Fsp3) is 0.929. The molecule has 2 fully saturated rings. The predicted octanol–water partition coefficient (Wildman–Crippen LogP) is 1.71. The molecular formula is C14H26N6. The van der Waals surface area contributed by atoms with Crippen LogP contribution in [0.25, 0.3) is 0 Å². The van der Waals surface area contributed by atoms with E-state index in [-0.39, 0.29) is 0 Å². The number of anilines is 1. The average molecular weight is 278 g/mol. The Labute approximate surface area is 121 Å². The SMILES string of the molecule is CC(C)n1nnnc1N1CCC(N2CCCCC2)CC1. The molecule has 0 bridgehead atoms. The lowest BCUT2D eigenvalue weighted by Gasteiger charge is -2.40. The first-order chi connectivity index (χ1) is 9.75. The van der Waals surface area contributed by atoms with Crippen molar-refractivity contribution in [2.75, 3.05) is 31.1 Å². The molecule has 0 unspecified atom stereocenters. The van der Waals surface area contributed by atoms with Crippen molar-refractivity contribution >= 4 is 5.95 Å². The van der Waals surface area contributed by atoms with Gasteiger partial charge in [0.25, 0.3) is 0 Å². The van der Waals surface area contributed by atoms with E-state index in [0.29, 0.717) is 6.04 Å². The van der Waals surface area contributed by atoms with Crippen molar-refractivity contribution in [2.24, 2.45) is 0 Å². The molecule has 3 heterocycles. The van der Waals surface area contributed by atoms with Crippen LogP contribution in [-0.4, -0.2) is 57.3 Å². The third-order valence-corrected chi connectivity index (χ3v) is 4.62. The van der Waals surface area contributed by atoms with Gasteiger partial charge in [-0.25, -0.2) is 4.68 Å². The van der Waals surface area contributed by atoms with Crippen molar-refractivity contribution in [2.45, 2.75) is 58.0 Å². The zero-order chi connectivity index (χ0) is 13.9. The maximum atomic E-state index is 4.21. The van der Waals surface area contributed by atoms with Gasteiger partial charge in [0.15, 0.2) is 0 Å². The highest BCUT2D eigenvalue weighted by Gasteiger charge is 2.27. The van der Waals surface area contributed by atoms with E-state index in [1.165, 1.54) is 45.2 Å². The second-order valence-corrected chi connectivity index (χ2v) is 6.33. The van der Waals surface area contributed by atoms with E-state index in [4.69, 9.17) is 0 Å². The molecule has 0 atom stereocenters. The molecule has 0 saturated carbocycles. The highest BCUT2D eigenvalue weighted by molar-refractivity contribution is 5.29. The lowest BCUT2D eigenvalue weighted by Crippen LogP contribution is -2.47. The van der Waals surface area contributed by atoms with E-state index in [9.17, 15) is 0 Å². The zero-order valence-electron chi connectivity index (χ0n) is 12.7. The van der Waals surface area contributed by atoms with Crippen LogP contribution in [0.2, 0.25) is 0 Å². The van der Waals surface area contributed by atoms with Crippen LogP contribution in [0, 0.1) is 0 Å². The molecule has 20 heavy (non-hydrogen) atoms. The van der Waals surface area contributed by atoms with E-state index in [2.05, 4.69) is 39.2 Å². The summed E-state index contributed by atoms with van der Waals surface area (Å²) in [5.41, 5.74) is 0. The second kappa shape index (κ2) is 6.08. The number of likely N-dealkylation sites (tertiary alicyclic amines) is 1. The molecule has 0 radical (unpaired) electrons. The van der Waals surface area contributed by atoms with Crippen LogP contribution in [-0.2, 0) is 0 Å². The Balaban J connectivity index is 1.59. The second-order valence-electron chi connectivity index (χ2n) is 6.33. The molecule has 0 aliphatic carbocycles. The van der Waals surface area contributed by atoms with Crippen molar-refractivity contribution in [3.05, 3.63) is 0 Å². The zero-order valence-corrected chi connectivity index (χ0v) is 12.7. The first-order valence-corrected chi connectivity index (χ1v) is 8.02. The summed E-state index contributed by atoms with van der Waals surface area (Å²) in [7, 11) is 0. The Hall–Kier alpha value is -1.17. The van der Waals surface area contributed by atoms with Gasteiger partial charge < -0.3 is 9.80 Å². The normalized spacial score (nSPS) is 22.6. The highest BCUT2D eigenvalue weighted by Crippen LogP contribution is 2.24. The maximum absolute atomic E-state index is 4.21. The van der Waals surface area contributed by atoms with Gasteiger partial charge >= 0.3 is 0 Å². The molecule has 1 aromatic heterocycles. The predicted molar refractivity (Wildman–Crippen MR) is 78.9 cm³/mol. The first kappa shape index (κ1) is 13.8. The van der Waals surface area contributed by atoms with Gasteiger partial charge in [-0.2, -0.15) is 0 Å². The number of hydrogen-bond acceptors (Lipinski definition) is 5. The van der Waals surface area contributed by atoms with Gasteiger partial charge in [0, 0.05) is 19.1 Å². The topological polar surface area (TPSA) is 50.1 Å². The minimum atomic E-state index is 0.319. The molecule has 1 aromatic rings. The fourth-order valence-electron chi connectivity index (χ4n) is 3.45. The third-order valence-electron chi connectivity index (χ3n) is 4.62. The van der Waals surface area contributed by atoms with E-state index in [1.54, 1.807) is 0 Å². The Kier molecular flexibility index (Phi) is 4.19. The molecule has 6 nitrogen and oxygen atoms in total. The van der Waals surface area contributed by atoms with Crippen LogP contribution in [0.5, 0.6) is 0 Å². The summed E-state index contributed by atoms with van der Waals surface area (Å²) in [6.07, 6.45) is 6.66. The number of nitrogens with zero attached hydrogens (tertiary/aromatic N) is 6. The van der Waals surface area contributed by atoms with Gasteiger partial charge in [0.2, 0.25) is 5.95 Å². The molecule has 0 spiro atoms. The van der Waals surface area contributed by atoms with Crippen LogP contribution in [0.3, 0.4) is 0 Å². The maximum Gasteiger partial charge on any atom is 0.245 e. The monoisotopic (exact) mass is 278 g/mol. The smallest absolute Gasteiger partial charge is 0.245 e. The van der Waals surface area contributed by atoms with Crippen molar-refractivity contribution in [1.29, 1.82) is 0 Å². The molecule has 0 N–H and O–H groups in total. The lowest BCUT2D eigenvalue weighted by atomic mass is 10.0. The first-order valence-electron chi connectivity index (χ1n) is 8.02. The van der Waals surface area contributed by atoms with E-state index in [1.807, 2.05) is 4.68 Å². The van der Waals surface area contributed by atoms with Gasteiger partial charge in [-0.15, -0.1) is 0 Å². The highest BCUT2D eigenvalue weighted by atomic mass is 15.6. The lowest BCUT2D eigenvalue weighted by molar-refractivity contribution is 0.141. The Morgan fingerprint density at radius 2 is 1.70 bits per heavy atom. The van der Waals surface area contributed by atoms with E-state index >= 15 is 0 Å². The molecule has 2 saturated heterocycles. The van der Waals surface area contributed by atoms with E-state index < -0.39 is 0 Å². The summed E-state index contributed by atoms with van der Waals surface area (Å²) < 4.78 is 1.93. The Morgan fingerprint density at radius 3 is 2.35 bits per heavy atom. The summed E-state index contributed by atoms with van der Waals surface area (Å²) in [6, 6.07) is 1.09. The van der Waals surface area contributed by atoms with Crippen molar-refractivity contribution in [3.8, 4) is 0 Å². The van der Waals surface area contributed by atoms with Gasteiger partial charge in [-0.05, 0) is 63.0 Å². The largest absolute Gasteiger partial charge is 0.340 e. The third kappa shape index (κ3) is 2.80. The van der Waals surface area contributed by atoms with Crippen LogP contribution in [0.4, 0.5) is 5.95 Å². The van der Waals surface area contributed by atoms with Gasteiger partial charge in [-0.1, -0.05) is 11.5 Å². The minimum Gasteiger partial charge on any atom is -0.340 e. The van der Waals surface area contributed by atoms with E-state index in [0.717, 1.165) is 25.1 Å². The van der Waals surface area contributed by atoms with Crippen molar-refractivity contribution in [1.82, 2.24) is 25.1 Å². The molecule has 6 heteroatoms. The quantitative estimate of drug-likeness (QED) is 0.842. The van der Waals surface area contributed by atoms with Crippen LogP contribution >= 0.6 is 0 Å². The molecule has 0 amide bonds. The number of hydrogen-bond donors (Lipinski definition) is 0. The number of piperidine rings is 2. The molecule has 2 aliphatic rings.